The fourth-order valence-corrected chi connectivity index (χ4v) is 1.48. The summed E-state index contributed by atoms with van der Waals surface area (Å²) in [6, 6.07) is 8.24. The molecular formula is C11H11NO. The Morgan fingerprint density at radius 2 is 2.15 bits per heavy atom. The van der Waals surface area contributed by atoms with Gasteiger partial charge in [0.1, 0.15) is 5.75 Å². The third kappa shape index (κ3) is 1.28. The first-order valence-corrected chi connectivity index (χ1v) is 4.66. The molecule has 1 aromatic carbocycles. The fourth-order valence-electron chi connectivity index (χ4n) is 1.48. The number of benzene rings is 1. The first-order chi connectivity index (χ1) is 6.42. The Morgan fingerprint density at radius 1 is 1.23 bits per heavy atom. The first kappa shape index (κ1) is 7.01. The molecule has 1 fully saturated rings. The Hall–Kier alpha value is -1.44. The monoisotopic (exact) mass is 173 g/mol. The van der Waals surface area contributed by atoms with E-state index in [4.69, 9.17) is 4.74 Å². The van der Waals surface area contributed by atoms with E-state index in [1.165, 1.54) is 23.7 Å². The van der Waals surface area contributed by atoms with Crippen LogP contribution in [0.3, 0.4) is 0 Å². The zero-order valence-electron chi connectivity index (χ0n) is 7.29. The fraction of sp³-hybridized carbons (Fsp3) is 0.273. The van der Waals surface area contributed by atoms with Gasteiger partial charge in [-0.2, -0.15) is 0 Å². The quantitative estimate of drug-likeness (QED) is 0.742. The average Bonchev–Trinajstić information content (AvgIpc) is 2.83. The highest BCUT2D eigenvalue weighted by atomic mass is 16.5. The molecule has 0 radical (unpaired) electrons. The van der Waals surface area contributed by atoms with Gasteiger partial charge in [-0.1, -0.05) is 0 Å². The Morgan fingerprint density at radius 3 is 3.00 bits per heavy atom. The van der Waals surface area contributed by atoms with E-state index in [1.54, 1.807) is 0 Å². The first-order valence-electron chi connectivity index (χ1n) is 4.66. The van der Waals surface area contributed by atoms with Crippen LogP contribution < -0.4 is 4.74 Å². The molecule has 1 saturated carbocycles. The van der Waals surface area contributed by atoms with Crippen molar-refractivity contribution in [3.8, 4) is 5.75 Å². The second-order valence-electron chi connectivity index (χ2n) is 3.54. The normalized spacial score (nSPS) is 16.3. The van der Waals surface area contributed by atoms with Gasteiger partial charge in [-0.25, -0.2) is 0 Å². The molecule has 0 amide bonds. The number of hydrogen-bond acceptors (Lipinski definition) is 1. The SMILES string of the molecule is c1cc2cc(OC3CC3)ccc2[nH]1. The number of H-pyrrole nitrogens is 1. The minimum Gasteiger partial charge on any atom is -0.490 e. The summed E-state index contributed by atoms with van der Waals surface area (Å²) in [5.74, 6) is 0.995. The van der Waals surface area contributed by atoms with Crippen LogP contribution in [0.5, 0.6) is 5.75 Å². The van der Waals surface area contributed by atoms with Crippen LogP contribution in [0.25, 0.3) is 10.9 Å². The second-order valence-corrected chi connectivity index (χ2v) is 3.54. The van der Waals surface area contributed by atoms with Gasteiger partial charge in [0, 0.05) is 17.1 Å². The van der Waals surface area contributed by atoms with Gasteiger partial charge in [0.25, 0.3) is 0 Å². The Bertz CT molecular complexity index is 428. The van der Waals surface area contributed by atoms with Crippen molar-refractivity contribution in [3.63, 3.8) is 0 Å². The summed E-state index contributed by atoms with van der Waals surface area (Å²) >= 11 is 0. The van der Waals surface area contributed by atoms with E-state index >= 15 is 0 Å². The predicted octanol–water partition coefficient (Wildman–Crippen LogP) is 2.71. The number of aromatic nitrogens is 1. The molecular weight excluding hydrogens is 162 g/mol. The third-order valence-electron chi connectivity index (χ3n) is 2.35. The van der Waals surface area contributed by atoms with Gasteiger partial charge >= 0.3 is 0 Å². The Labute approximate surface area is 76.5 Å². The van der Waals surface area contributed by atoms with E-state index in [0.717, 1.165) is 5.75 Å². The second kappa shape index (κ2) is 2.52. The molecule has 3 rings (SSSR count). The molecule has 66 valence electrons. The van der Waals surface area contributed by atoms with Gasteiger partial charge < -0.3 is 9.72 Å². The summed E-state index contributed by atoms with van der Waals surface area (Å²) in [4.78, 5) is 3.16. The number of rotatable bonds is 2. The summed E-state index contributed by atoms with van der Waals surface area (Å²) in [6.45, 7) is 0. The molecule has 0 atom stereocenters. The van der Waals surface area contributed by atoms with E-state index in [2.05, 4.69) is 23.2 Å². The standard InChI is InChI=1S/C11H11NO/c1-2-9(1)13-10-3-4-11-8(7-10)5-6-12-11/h3-7,9,12H,1-2H2. The van der Waals surface area contributed by atoms with Gasteiger partial charge in [0.2, 0.25) is 0 Å². The molecule has 0 unspecified atom stereocenters. The number of hydrogen-bond donors (Lipinski definition) is 1. The molecule has 0 bridgehead atoms. The highest BCUT2D eigenvalue weighted by Crippen LogP contribution is 2.28. The molecule has 2 nitrogen and oxygen atoms in total. The van der Waals surface area contributed by atoms with Gasteiger partial charge in [-0.3, -0.25) is 0 Å². The van der Waals surface area contributed by atoms with E-state index < -0.39 is 0 Å². The highest BCUT2D eigenvalue weighted by Gasteiger charge is 2.23. The highest BCUT2D eigenvalue weighted by molar-refractivity contribution is 5.80. The van der Waals surface area contributed by atoms with Crippen LogP contribution >= 0.6 is 0 Å². The van der Waals surface area contributed by atoms with Crippen molar-refractivity contribution < 1.29 is 4.74 Å². The summed E-state index contributed by atoms with van der Waals surface area (Å²) in [5, 5.41) is 1.22. The van der Waals surface area contributed by atoms with Crippen LogP contribution in [0.2, 0.25) is 0 Å². The Kier molecular flexibility index (Phi) is 1.36. The van der Waals surface area contributed by atoms with Gasteiger partial charge in [0.15, 0.2) is 0 Å². The van der Waals surface area contributed by atoms with Crippen LogP contribution in [0, 0.1) is 0 Å². The van der Waals surface area contributed by atoms with Crippen molar-refractivity contribution in [2.45, 2.75) is 18.9 Å². The number of nitrogens with one attached hydrogen (secondary N) is 1. The summed E-state index contributed by atoms with van der Waals surface area (Å²) < 4.78 is 5.69. The summed E-state index contributed by atoms with van der Waals surface area (Å²) in [7, 11) is 0. The van der Waals surface area contributed by atoms with Crippen molar-refractivity contribution in [3.05, 3.63) is 30.5 Å². The van der Waals surface area contributed by atoms with Crippen molar-refractivity contribution in [2.24, 2.45) is 0 Å². The average molecular weight is 173 g/mol. The minimum absolute atomic E-state index is 0.483. The third-order valence-corrected chi connectivity index (χ3v) is 2.35. The molecule has 1 N–H and O–H groups in total. The van der Waals surface area contributed by atoms with Gasteiger partial charge in [-0.15, -0.1) is 0 Å². The lowest BCUT2D eigenvalue weighted by Gasteiger charge is -2.03. The lowest BCUT2D eigenvalue weighted by atomic mass is 10.2. The minimum atomic E-state index is 0.483. The Balaban J connectivity index is 1.99. The molecule has 13 heavy (non-hydrogen) atoms. The van der Waals surface area contributed by atoms with E-state index in [0.29, 0.717) is 6.10 Å². The molecule has 1 heterocycles. The van der Waals surface area contributed by atoms with E-state index in [9.17, 15) is 0 Å². The molecule has 2 heteroatoms. The predicted molar refractivity (Wildman–Crippen MR) is 51.9 cm³/mol. The number of aromatic amines is 1. The molecule has 1 aromatic heterocycles. The van der Waals surface area contributed by atoms with Crippen molar-refractivity contribution in [1.82, 2.24) is 4.98 Å². The van der Waals surface area contributed by atoms with Crippen LogP contribution in [-0.4, -0.2) is 11.1 Å². The lowest BCUT2D eigenvalue weighted by molar-refractivity contribution is 0.303. The smallest absolute Gasteiger partial charge is 0.120 e. The number of fused-ring (bicyclic) bond motifs is 1. The van der Waals surface area contributed by atoms with E-state index in [-0.39, 0.29) is 0 Å². The zero-order chi connectivity index (χ0) is 8.67. The summed E-state index contributed by atoms with van der Waals surface area (Å²) in [6.07, 6.45) is 4.86. The molecule has 1 aliphatic rings. The van der Waals surface area contributed by atoms with Crippen LogP contribution in [-0.2, 0) is 0 Å². The topological polar surface area (TPSA) is 25.0 Å². The van der Waals surface area contributed by atoms with Gasteiger partial charge in [0.05, 0.1) is 6.10 Å². The molecule has 0 aliphatic heterocycles. The maximum atomic E-state index is 5.69. The lowest BCUT2D eigenvalue weighted by Crippen LogP contribution is -1.94. The van der Waals surface area contributed by atoms with Crippen LogP contribution in [0.15, 0.2) is 30.5 Å². The van der Waals surface area contributed by atoms with Crippen molar-refractivity contribution in [1.29, 1.82) is 0 Å². The molecule has 0 saturated heterocycles. The van der Waals surface area contributed by atoms with Crippen LogP contribution in [0.1, 0.15) is 12.8 Å². The van der Waals surface area contributed by atoms with Gasteiger partial charge in [-0.05, 0) is 37.1 Å². The molecule has 1 aliphatic carbocycles. The van der Waals surface area contributed by atoms with Crippen molar-refractivity contribution >= 4 is 10.9 Å². The van der Waals surface area contributed by atoms with Crippen molar-refractivity contribution in [2.75, 3.05) is 0 Å². The zero-order valence-corrected chi connectivity index (χ0v) is 7.29. The molecule has 2 aromatic rings. The largest absolute Gasteiger partial charge is 0.490 e. The van der Waals surface area contributed by atoms with E-state index in [1.807, 2.05) is 12.3 Å². The number of ether oxygens (including phenoxy) is 1. The molecule has 0 spiro atoms. The maximum Gasteiger partial charge on any atom is 0.120 e. The van der Waals surface area contributed by atoms with Crippen LogP contribution in [0.4, 0.5) is 0 Å². The summed E-state index contributed by atoms with van der Waals surface area (Å²) in [5.41, 5.74) is 1.17. The maximum absolute atomic E-state index is 5.69.